The number of aliphatic carboxylic acids is 1. The molecule has 3 N–H and O–H groups in total. The lowest BCUT2D eigenvalue weighted by Crippen LogP contribution is -2.38. The molecule has 2 atom stereocenters. The molecule has 0 spiro atoms. The number of nitrogens with zero attached hydrogens (tertiary/aromatic N) is 2. The predicted octanol–water partition coefficient (Wildman–Crippen LogP) is 3.75. The summed E-state index contributed by atoms with van der Waals surface area (Å²) in [5.74, 6) is -1.96. The Bertz CT molecular complexity index is 1220. The highest BCUT2D eigenvalue weighted by atomic mass is 19.1. The molecule has 3 aromatic rings. The molecule has 0 aliphatic carbocycles. The summed E-state index contributed by atoms with van der Waals surface area (Å²) in [6, 6.07) is 13.0. The first-order valence-corrected chi connectivity index (χ1v) is 11.4. The summed E-state index contributed by atoms with van der Waals surface area (Å²) in [7, 11) is 1.48. The van der Waals surface area contributed by atoms with Crippen LogP contribution >= 0.6 is 0 Å². The lowest BCUT2D eigenvalue weighted by molar-refractivity contribution is -0.137. The van der Waals surface area contributed by atoms with Gasteiger partial charge in [0.1, 0.15) is 23.9 Å². The summed E-state index contributed by atoms with van der Waals surface area (Å²) < 4.78 is 26.7. The number of nitrogens with one attached hydrogen (secondary N) is 1. The molecule has 1 heterocycles. The summed E-state index contributed by atoms with van der Waals surface area (Å²) in [6.07, 6.45) is -0.381. The minimum absolute atomic E-state index is 0.0438. The Morgan fingerprint density at radius 1 is 1.17 bits per heavy atom. The van der Waals surface area contributed by atoms with Crippen molar-refractivity contribution in [2.24, 2.45) is 5.92 Å². The number of carboxylic acids is 1. The molecule has 3 rings (SSSR count). The highest BCUT2D eigenvalue weighted by molar-refractivity contribution is 5.93. The number of para-hydroxylation sites is 1. The fourth-order valence-corrected chi connectivity index (χ4v) is 3.28. The number of halogens is 1. The average molecular weight is 500 g/mol. The van der Waals surface area contributed by atoms with Gasteiger partial charge in [0.05, 0.1) is 25.2 Å². The van der Waals surface area contributed by atoms with E-state index < -0.39 is 29.3 Å². The number of carbonyl (C=O) groups excluding carboxylic acids is 1. The van der Waals surface area contributed by atoms with Crippen LogP contribution in [0.5, 0.6) is 11.6 Å². The standard InChI is InChI=1S/C26H30FN3O6/c1-16(2)26(3,34)15-36-23-13-21(29-30(23)22-11-6-5-10-19(22)27)25(33)28-20(14-24(31)32)17-8-7-9-18(12-17)35-4/h5-13,16,20,34H,14-15H2,1-4H3,(H,28,33)(H,31,32)/t20?,26-/m1/s1. The van der Waals surface area contributed by atoms with Gasteiger partial charge in [0, 0.05) is 6.07 Å². The molecule has 10 heteroatoms. The van der Waals surface area contributed by atoms with Crippen molar-refractivity contribution >= 4 is 11.9 Å². The van der Waals surface area contributed by atoms with E-state index in [1.807, 2.05) is 13.8 Å². The average Bonchev–Trinajstić information content (AvgIpc) is 3.26. The molecule has 0 fully saturated rings. The molecule has 0 radical (unpaired) electrons. The highest BCUT2D eigenvalue weighted by Gasteiger charge is 2.28. The Labute approximate surface area is 208 Å². The van der Waals surface area contributed by atoms with Crippen molar-refractivity contribution in [3.8, 4) is 17.3 Å². The molecule has 0 bridgehead atoms. The van der Waals surface area contributed by atoms with Crippen molar-refractivity contribution in [2.75, 3.05) is 13.7 Å². The third-order valence-electron chi connectivity index (χ3n) is 5.93. The Balaban J connectivity index is 1.95. The number of hydrogen-bond acceptors (Lipinski definition) is 6. The summed E-state index contributed by atoms with van der Waals surface area (Å²) in [4.78, 5) is 24.6. The number of aromatic nitrogens is 2. The van der Waals surface area contributed by atoms with Gasteiger partial charge in [0.2, 0.25) is 5.88 Å². The lowest BCUT2D eigenvalue weighted by atomic mass is 9.94. The molecule has 9 nitrogen and oxygen atoms in total. The van der Waals surface area contributed by atoms with Crippen molar-refractivity contribution in [2.45, 2.75) is 38.8 Å². The molecule has 2 aromatic carbocycles. The second-order valence-electron chi connectivity index (χ2n) is 8.93. The fraction of sp³-hybridized carbons (Fsp3) is 0.346. The predicted molar refractivity (Wildman–Crippen MR) is 130 cm³/mol. The van der Waals surface area contributed by atoms with Crippen molar-refractivity contribution in [3.05, 3.63) is 71.7 Å². The van der Waals surface area contributed by atoms with Crippen LogP contribution in [0.3, 0.4) is 0 Å². The molecular formula is C26H30FN3O6. The van der Waals surface area contributed by atoms with Gasteiger partial charge in [0.25, 0.3) is 5.91 Å². The molecule has 0 aliphatic rings. The number of carboxylic acid groups (broad SMARTS) is 1. The zero-order valence-corrected chi connectivity index (χ0v) is 20.6. The van der Waals surface area contributed by atoms with Gasteiger partial charge in [-0.3, -0.25) is 9.59 Å². The van der Waals surface area contributed by atoms with Crippen LogP contribution in [0.1, 0.15) is 49.3 Å². The zero-order valence-electron chi connectivity index (χ0n) is 20.6. The lowest BCUT2D eigenvalue weighted by Gasteiger charge is -2.27. The zero-order chi connectivity index (χ0) is 26.5. The molecule has 1 amide bonds. The molecule has 0 saturated heterocycles. The normalized spacial score (nSPS) is 13.6. The van der Waals surface area contributed by atoms with Crippen LogP contribution < -0.4 is 14.8 Å². The first-order valence-electron chi connectivity index (χ1n) is 11.4. The maximum absolute atomic E-state index is 14.6. The van der Waals surface area contributed by atoms with E-state index in [0.29, 0.717) is 11.3 Å². The third-order valence-corrected chi connectivity index (χ3v) is 5.93. The van der Waals surface area contributed by atoms with Crippen LogP contribution in [0.4, 0.5) is 4.39 Å². The summed E-state index contributed by atoms with van der Waals surface area (Å²) in [5.41, 5.74) is -0.726. The van der Waals surface area contributed by atoms with Crippen LogP contribution in [-0.4, -0.2) is 51.2 Å². The Morgan fingerprint density at radius 2 is 1.89 bits per heavy atom. The van der Waals surface area contributed by atoms with E-state index >= 15 is 0 Å². The van der Waals surface area contributed by atoms with Gasteiger partial charge in [0.15, 0.2) is 5.69 Å². The molecule has 1 unspecified atom stereocenters. The Morgan fingerprint density at radius 3 is 2.53 bits per heavy atom. The summed E-state index contributed by atoms with van der Waals surface area (Å²) in [5, 5.41) is 26.9. The topological polar surface area (TPSA) is 123 Å². The fourth-order valence-electron chi connectivity index (χ4n) is 3.28. The Hall–Kier alpha value is -3.92. The van der Waals surface area contributed by atoms with Gasteiger partial charge in [-0.1, -0.05) is 38.1 Å². The first kappa shape index (κ1) is 26.7. The molecule has 0 aliphatic heterocycles. The van der Waals surface area contributed by atoms with Crippen molar-refractivity contribution < 1.29 is 33.7 Å². The van der Waals surface area contributed by atoms with Gasteiger partial charge < -0.3 is 25.0 Å². The number of rotatable bonds is 11. The van der Waals surface area contributed by atoms with E-state index in [1.54, 1.807) is 37.3 Å². The number of ether oxygens (including phenoxy) is 2. The maximum Gasteiger partial charge on any atom is 0.305 e. The second-order valence-corrected chi connectivity index (χ2v) is 8.93. The van der Waals surface area contributed by atoms with Crippen molar-refractivity contribution in [3.63, 3.8) is 0 Å². The third kappa shape index (κ3) is 6.39. The van der Waals surface area contributed by atoms with E-state index in [0.717, 1.165) is 4.68 Å². The van der Waals surface area contributed by atoms with Gasteiger partial charge in [-0.15, -0.1) is 0 Å². The molecule has 192 valence electrons. The van der Waals surface area contributed by atoms with E-state index in [9.17, 15) is 24.2 Å². The molecular weight excluding hydrogens is 469 g/mol. The van der Waals surface area contributed by atoms with Crippen LogP contribution in [-0.2, 0) is 4.79 Å². The maximum atomic E-state index is 14.6. The van der Waals surface area contributed by atoms with Crippen molar-refractivity contribution in [1.29, 1.82) is 0 Å². The second kappa shape index (κ2) is 11.2. The number of methoxy groups -OCH3 is 1. The highest BCUT2D eigenvalue weighted by Crippen LogP contribution is 2.26. The number of hydrogen-bond donors (Lipinski definition) is 3. The molecule has 0 saturated carbocycles. The monoisotopic (exact) mass is 499 g/mol. The Kier molecular flexibility index (Phi) is 8.31. The number of benzene rings is 2. The SMILES string of the molecule is COc1cccc(C(CC(=O)O)NC(=O)c2cc(OC[C@@](C)(O)C(C)C)n(-c3ccccc3F)n2)c1. The van der Waals surface area contributed by atoms with Crippen LogP contribution in [0.15, 0.2) is 54.6 Å². The minimum atomic E-state index is -1.19. The summed E-state index contributed by atoms with van der Waals surface area (Å²) >= 11 is 0. The first-order chi connectivity index (χ1) is 17.0. The van der Waals surface area contributed by atoms with Crippen LogP contribution in [0.25, 0.3) is 5.69 Å². The summed E-state index contributed by atoms with van der Waals surface area (Å²) in [6.45, 7) is 5.15. The van der Waals surface area contributed by atoms with Gasteiger partial charge in [-0.05, 0) is 42.7 Å². The number of amides is 1. The quantitative estimate of drug-likeness (QED) is 0.367. The van der Waals surface area contributed by atoms with E-state index in [2.05, 4.69) is 10.4 Å². The van der Waals surface area contributed by atoms with Gasteiger partial charge in [-0.2, -0.15) is 9.78 Å². The number of carbonyl (C=O) groups is 2. The van der Waals surface area contributed by atoms with Crippen LogP contribution in [0, 0.1) is 11.7 Å². The number of aliphatic hydroxyl groups is 1. The van der Waals surface area contributed by atoms with Crippen LogP contribution in [0.2, 0.25) is 0 Å². The van der Waals surface area contributed by atoms with Crippen molar-refractivity contribution in [1.82, 2.24) is 15.1 Å². The van der Waals surface area contributed by atoms with Gasteiger partial charge >= 0.3 is 5.97 Å². The molecule has 1 aromatic heterocycles. The van der Waals surface area contributed by atoms with E-state index in [4.69, 9.17) is 9.47 Å². The van der Waals surface area contributed by atoms with E-state index in [-0.39, 0.29) is 36.2 Å². The largest absolute Gasteiger partial charge is 0.497 e. The smallest absolute Gasteiger partial charge is 0.305 e. The van der Waals surface area contributed by atoms with E-state index in [1.165, 1.54) is 31.4 Å². The minimum Gasteiger partial charge on any atom is -0.497 e. The van der Waals surface area contributed by atoms with Gasteiger partial charge in [-0.25, -0.2) is 4.39 Å². The molecule has 36 heavy (non-hydrogen) atoms.